The highest BCUT2D eigenvalue weighted by Crippen LogP contribution is 2.29. The van der Waals surface area contributed by atoms with E-state index in [1.807, 2.05) is 37.4 Å². The molecule has 4 heterocycles. The fourth-order valence-electron chi connectivity index (χ4n) is 3.34. The number of morpholine rings is 1. The zero-order valence-corrected chi connectivity index (χ0v) is 16.2. The monoisotopic (exact) mass is 386 g/mol. The van der Waals surface area contributed by atoms with Crippen molar-refractivity contribution in [1.82, 2.24) is 20.4 Å². The van der Waals surface area contributed by atoms with Crippen LogP contribution in [0.15, 0.2) is 28.1 Å². The molecule has 8 heteroatoms. The predicted octanol–water partition coefficient (Wildman–Crippen LogP) is 2.71. The molecule has 4 rings (SSSR count). The third-order valence-corrected chi connectivity index (χ3v) is 5.54. The molecule has 0 aromatic carbocycles. The maximum atomic E-state index is 13.0. The van der Waals surface area contributed by atoms with Gasteiger partial charge in [-0.1, -0.05) is 11.2 Å². The van der Waals surface area contributed by atoms with Gasteiger partial charge in [0.05, 0.1) is 40.4 Å². The Hall–Kier alpha value is -2.29. The topological polar surface area (TPSA) is 80.5 Å². The summed E-state index contributed by atoms with van der Waals surface area (Å²) < 4.78 is 10.7. The van der Waals surface area contributed by atoms with E-state index in [9.17, 15) is 4.79 Å². The molecule has 0 bridgehead atoms. The number of hydrogen-bond donors (Lipinski definition) is 1. The van der Waals surface area contributed by atoms with E-state index in [0.29, 0.717) is 22.4 Å². The Balaban J connectivity index is 1.59. The van der Waals surface area contributed by atoms with Gasteiger partial charge < -0.3 is 14.6 Å². The maximum Gasteiger partial charge on any atom is 0.259 e. The first-order valence-corrected chi connectivity index (χ1v) is 9.91. The van der Waals surface area contributed by atoms with Gasteiger partial charge in [-0.05, 0) is 31.4 Å². The number of aromatic nitrogens is 2. The normalized spacial score (nSPS) is 16.5. The number of aryl methyl sites for hydroxylation is 1. The van der Waals surface area contributed by atoms with Crippen LogP contribution >= 0.6 is 11.3 Å². The third-order valence-electron chi connectivity index (χ3n) is 4.65. The molecule has 0 unspecified atom stereocenters. The second-order valence-electron chi connectivity index (χ2n) is 6.77. The quantitative estimate of drug-likeness (QED) is 0.726. The third kappa shape index (κ3) is 3.87. The Labute approximate surface area is 161 Å². The average Bonchev–Trinajstić information content (AvgIpc) is 3.32. The number of nitrogens with zero attached hydrogens (tertiary/aromatic N) is 3. The molecule has 1 N–H and O–H groups in total. The smallest absolute Gasteiger partial charge is 0.259 e. The highest BCUT2D eigenvalue weighted by Gasteiger charge is 2.22. The highest BCUT2D eigenvalue weighted by molar-refractivity contribution is 7.13. The minimum absolute atomic E-state index is 0.0177. The number of fused-ring (bicyclic) bond motifs is 1. The van der Waals surface area contributed by atoms with Gasteiger partial charge in [0.25, 0.3) is 11.6 Å². The van der Waals surface area contributed by atoms with Crippen LogP contribution in [0, 0.1) is 6.92 Å². The minimum Gasteiger partial charge on any atom is -0.379 e. The SMILES string of the molecule is Cc1noc2nc(-c3cccs3)cc(C(=O)N[C@@H](C)CN3CCOCC3)c12. The Bertz CT molecular complexity index is 932. The summed E-state index contributed by atoms with van der Waals surface area (Å²) in [6.45, 7) is 7.92. The second kappa shape index (κ2) is 7.75. The van der Waals surface area contributed by atoms with Crippen LogP contribution in [-0.2, 0) is 4.74 Å². The number of hydrogen-bond acceptors (Lipinski definition) is 7. The molecule has 1 aliphatic heterocycles. The maximum absolute atomic E-state index is 13.0. The number of carbonyl (C=O) groups is 1. The zero-order valence-electron chi connectivity index (χ0n) is 15.4. The molecule has 1 amide bonds. The van der Waals surface area contributed by atoms with Crippen molar-refractivity contribution in [3.63, 3.8) is 0 Å². The minimum atomic E-state index is -0.132. The van der Waals surface area contributed by atoms with Gasteiger partial charge in [0.15, 0.2) is 0 Å². The molecule has 1 aliphatic rings. The van der Waals surface area contributed by atoms with Crippen LogP contribution in [0.5, 0.6) is 0 Å². The first-order chi connectivity index (χ1) is 13.1. The predicted molar refractivity (Wildman–Crippen MR) is 104 cm³/mol. The fraction of sp³-hybridized carbons (Fsp3) is 0.421. The summed E-state index contributed by atoms with van der Waals surface area (Å²) in [6.07, 6.45) is 0. The number of pyridine rings is 1. The highest BCUT2D eigenvalue weighted by atomic mass is 32.1. The fourth-order valence-corrected chi connectivity index (χ4v) is 4.03. The van der Waals surface area contributed by atoms with E-state index in [1.54, 1.807) is 11.3 Å². The van der Waals surface area contributed by atoms with Crippen LogP contribution in [0.2, 0.25) is 0 Å². The van der Waals surface area contributed by atoms with E-state index in [1.165, 1.54) is 0 Å². The van der Waals surface area contributed by atoms with E-state index in [2.05, 4.69) is 20.4 Å². The van der Waals surface area contributed by atoms with Crippen LogP contribution in [0.3, 0.4) is 0 Å². The number of nitrogens with one attached hydrogen (secondary N) is 1. The molecule has 27 heavy (non-hydrogen) atoms. The Morgan fingerprint density at radius 1 is 1.41 bits per heavy atom. The van der Waals surface area contributed by atoms with Crippen molar-refractivity contribution in [2.24, 2.45) is 0 Å². The number of carbonyl (C=O) groups excluding carboxylic acids is 1. The molecule has 7 nitrogen and oxygen atoms in total. The molecule has 1 saturated heterocycles. The van der Waals surface area contributed by atoms with Gasteiger partial charge in [0.2, 0.25) is 0 Å². The molecule has 142 valence electrons. The summed E-state index contributed by atoms with van der Waals surface area (Å²) in [5.74, 6) is -0.132. The first-order valence-electron chi connectivity index (χ1n) is 9.03. The molecular formula is C19H22N4O3S. The van der Waals surface area contributed by atoms with Crippen LogP contribution < -0.4 is 5.32 Å². The van der Waals surface area contributed by atoms with Gasteiger partial charge in [0, 0.05) is 25.7 Å². The van der Waals surface area contributed by atoms with Crippen LogP contribution in [-0.4, -0.2) is 59.8 Å². The number of rotatable bonds is 5. The van der Waals surface area contributed by atoms with Gasteiger partial charge in [-0.3, -0.25) is 9.69 Å². The summed E-state index contributed by atoms with van der Waals surface area (Å²) in [5, 5.41) is 9.76. The Morgan fingerprint density at radius 3 is 2.96 bits per heavy atom. The lowest BCUT2D eigenvalue weighted by molar-refractivity contribution is 0.0342. The largest absolute Gasteiger partial charge is 0.379 e. The van der Waals surface area contributed by atoms with Crippen molar-refractivity contribution in [3.05, 3.63) is 34.8 Å². The molecular weight excluding hydrogens is 364 g/mol. The van der Waals surface area contributed by atoms with Gasteiger partial charge in [-0.25, -0.2) is 4.98 Å². The summed E-state index contributed by atoms with van der Waals surface area (Å²) in [4.78, 5) is 20.9. The standard InChI is InChI=1S/C19H22N4O3S/c1-12(11-23-5-7-25-8-6-23)20-18(24)14-10-15(16-4-3-9-27-16)21-19-17(14)13(2)22-26-19/h3-4,9-10,12H,5-8,11H2,1-2H3,(H,20,24)/t12-/m0/s1. The lowest BCUT2D eigenvalue weighted by Gasteiger charge is -2.29. The number of amides is 1. The second-order valence-corrected chi connectivity index (χ2v) is 7.72. The Morgan fingerprint density at radius 2 is 2.22 bits per heavy atom. The number of ether oxygens (including phenoxy) is 1. The van der Waals surface area contributed by atoms with Gasteiger partial charge >= 0.3 is 0 Å². The molecule has 3 aromatic heterocycles. The molecule has 0 saturated carbocycles. The van der Waals surface area contributed by atoms with Gasteiger partial charge in [-0.2, -0.15) is 0 Å². The molecule has 0 radical (unpaired) electrons. The van der Waals surface area contributed by atoms with Crippen LogP contribution in [0.4, 0.5) is 0 Å². The lowest BCUT2D eigenvalue weighted by Crippen LogP contribution is -2.46. The average molecular weight is 386 g/mol. The number of thiophene rings is 1. The zero-order chi connectivity index (χ0) is 18.8. The summed E-state index contributed by atoms with van der Waals surface area (Å²) in [7, 11) is 0. The summed E-state index contributed by atoms with van der Waals surface area (Å²) >= 11 is 1.57. The molecule has 3 aromatic rings. The van der Waals surface area contributed by atoms with E-state index in [0.717, 1.165) is 43.4 Å². The van der Waals surface area contributed by atoms with E-state index < -0.39 is 0 Å². The van der Waals surface area contributed by atoms with Crippen molar-refractivity contribution in [2.75, 3.05) is 32.8 Å². The summed E-state index contributed by atoms with van der Waals surface area (Å²) in [5.41, 5.74) is 2.33. The molecule has 0 aliphatic carbocycles. The summed E-state index contributed by atoms with van der Waals surface area (Å²) in [6, 6.07) is 5.78. The Kier molecular flexibility index (Phi) is 5.20. The molecule has 0 spiro atoms. The van der Waals surface area contributed by atoms with Gasteiger partial charge in [0.1, 0.15) is 0 Å². The van der Waals surface area contributed by atoms with Crippen molar-refractivity contribution in [3.8, 4) is 10.6 Å². The molecule has 1 atom stereocenters. The van der Waals surface area contributed by atoms with Crippen molar-refractivity contribution < 1.29 is 14.1 Å². The lowest BCUT2D eigenvalue weighted by atomic mass is 10.1. The molecule has 1 fully saturated rings. The van der Waals surface area contributed by atoms with E-state index in [4.69, 9.17) is 9.26 Å². The van der Waals surface area contributed by atoms with E-state index >= 15 is 0 Å². The van der Waals surface area contributed by atoms with E-state index in [-0.39, 0.29) is 11.9 Å². The van der Waals surface area contributed by atoms with Crippen LogP contribution in [0.25, 0.3) is 21.7 Å². The van der Waals surface area contributed by atoms with Crippen molar-refractivity contribution >= 4 is 28.3 Å². The van der Waals surface area contributed by atoms with Crippen LogP contribution in [0.1, 0.15) is 23.0 Å². The van der Waals surface area contributed by atoms with Gasteiger partial charge in [-0.15, -0.1) is 11.3 Å². The first kappa shape index (κ1) is 18.1. The van der Waals surface area contributed by atoms with Crippen molar-refractivity contribution in [1.29, 1.82) is 0 Å². The van der Waals surface area contributed by atoms with Crippen molar-refractivity contribution in [2.45, 2.75) is 19.9 Å².